The van der Waals surface area contributed by atoms with Gasteiger partial charge in [0, 0.05) is 25.4 Å². The van der Waals surface area contributed by atoms with Gasteiger partial charge in [0.05, 0.1) is 17.5 Å². The first-order valence-electron chi connectivity index (χ1n) is 4.58. The number of alkyl halides is 4. The molecule has 6 heteroatoms. The van der Waals surface area contributed by atoms with Crippen molar-refractivity contribution in [2.24, 2.45) is 0 Å². The summed E-state index contributed by atoms with van der Waals surface area (Å²) < 4.78 is 41.9. The number of hydrogen-bond acceptors (Lipinski definition) is 2. The Morgan fingerprint density at radius 2 is 2.19 bits per heavy atom. The number of rotatable bonds is 4. The van der Waals surface area contributed by atoms with E-state index in [-0.39, 0.29) is 18.4 Å². The normalized spacial score (nSPS) is 13.8. The fraction of sp³-hybridized carbons (Fsp3) is 0.500. The molecule has 0 radical (unpaired) electrons. The summed E-state index contributed by atoms with van der Waals surface area (Å²) >= 11 is 5.84. The van der Waals surface area contributed by atoms with Crippen LogP contribution in [0.4, 0.5) is 13.2 Å². The first-order chi connectivity index (χ1) is 7.43. The van der Waals surface area contributed by atoms with Gasteiger partial charge in [0.15, 0.2) is 0 Å². The third kappa shape index (κ3) is 3.98. The summed E-state index contributed by atoms with van der Waals surface area (Å²) in [6.45, 7) is 0.277. The van der Waals surface area contributed by atoms with Crippen molar-refractivity contribution < 1.29 is 17.9 Å². The number of hydrogen-bond donors (Lipinski definition) is 0. The standard InChI is InChI=1S/C10H11ClF3NO/c1-16-6-8(11)5-9-4-7(2-3-15-9)10(12,13)14/h2-4,8H,5-6H2,1H3. The Bertz CT molecular complexity index is 343. The predicted molar refractivity (Wildman–Crippen MR) is 54.5 cm³/mol. The van der Waals surface area contributed by atoms with E-state index >= 15 is 0 Å². The Labute approximate surface area is 96.4 Å². The first-order valence-corrected chi connectivity index (χ1v) is 5.02. The van der Waals surface area contributed by atoms with Gasteiger partial charge >= 0.3 is 6.18 Å². The van der Waals surface area contributed by atoms with E-state index in [0.29, 0.717) is 5.69 Å². The third-order valence-electron chi connectivity index (χ3n) is 1.92. The minimum atomic E-state index is -4.35. The van der Waals surface area contributed by atoms with Gasteiger partial charge in [-0.25, -0.2) is 0 Å². The molecule has 16 heavy (non-hydrogen) atoms. The van der Waals surface area contributed by atoms with E-state index in [1.165, 1.54) is 7.11 Å². The van der Waals surface area contributed by atoms with Crippen LogP contribution in [0.3, 0.4) is 0 Å². The lowest BCUT2D eigenvalue weighted by Gasteiger charge is -2.10. The number of ether oxygens (including phenoxy) is 1. The van der Waals surface area contributed by atoms with Crippen molar-refractivity contribution >= 4 is 11.6 Å². The van der Waals surface area contributed by atoms with E-state index in [0.717, 1.165) is 18.3 Å². The van der Waals surface area contributed by atoms with Crippen molar-refractivity contribution in [3.05, 3.63) is 29.6 Å². The minimum Gasteiger partial charge on any atom is -0.383 e. The number of methoxy groups -OCH3 is 1. The summed E-state index contributed by atoms with van der Waals surface area (Å²) in [4.78, 5) is 3.84. The summed E-state index contributed by atoms with van der Waals surface area (Å²) in [5, 5.41) is -0.374. The zero-order chi connectivity index (χ0) is 12.2. The number of aromatic nitrogens is 1. The topological polar surface area (TPSA) is 22.1 Å². The van der Waals surface area contributed by atoms with Gasteiger partial charge in [0.25, 0.3) is 0 Å². The highest BCUT2D eigenvalue weighted by Gasteiger charge is 2.30. The molecule has 0 amide bonds. The van der Waals surface area contributed by atoms with E-state index in [2.05, 4.69) is 4.98 Å². The molecule has 2 nitrogen and oxygen atoms in total. The molecule has 0 saturated carbocycles. The maximum atomic E-state index is 12.4. The first kappa shape index (κ1) is 13.3. The Balaban J connectivity index is 2.75. The second-order valence-electron chi connectivity index (χ2n) is 3.29. The summed E-state index contributed by atoms with van der Waals surface area (Å²) in [6.07, 6.45) is -2.96. The van der Waals surface area contributed by atoms with E-state index in [1.54, 1.807) is 0 Å². The molecule has 0 bridgehead atoms. The SMILES string of the molecule is COCC(Cl)Cc1cc(C(F)(F)F)ccn1. The van der Waals surface area contributed by atoms with Crippen LogP contribution < -0.4 is 0 Å². The number of halogens is 4. The van der Waals surface area contributed by atoms with E-state index in [9.17, 15) is 13.2 Å². The van der Waals surface area contributed by atoms with Gasteiger partial charge in [-0.3, -0.25) is 4.98 Å². The second-order valence-corrected chi connectivity index (χ2v) is 3.91. The molecule has 0 aromatic carbocycles. The Morgan fingerprint density at radius 3 is 2.75 bits per heavy atom. The quantitative estimate of drug-likeness (QED) is 0.770. The van der Waals surface area contributed by atoms with Crippen LogP contribution in [0.5, 0.6) is 0 Å². The zero-order valence-corrected chi connectivity index (χ0v) is 9.35. The van der Waals surface area contributed by atoms with Gasteiger partial charge in [-0.1, -0.05) is 0 Å². The molecule has 1 rings (SSSR count). The lowest BCUT2D eigenvalue weighted by atomic mass is 10.1. The summed E-state index contributed by atoms with van der Waals surface area (Å²) in [6, 6.07) is 1.94. The molecular weight excluding hydrogens is 243 g/mol. The van der Waals surface area contributed by atoms with Gasteiger partial charge < -0.3 is 4.74 Å². The number of nitrogens with zero attached hydrogens (tertiary/aromatic N) is 1. The number of pyridine rings is 1. The average Bonchev–Trinajstić information content (AvgIpc) is 2.17. The second kappa shape index (κ2) is 5.50. The van der Waals surface area contributed by atoms with Crippen LogP contribution in [0.15, 0.2) is 18.3 Å². The van der Waals surface area contributed by atoms with E-state index < -0.39 is 11.7 Å². The van der Waals surface area contributed by atoms with Crippen LogP contribution in [-0.2, 0) is 17.3 Å². The monoisotopic (exact) mass is 253 g/mol. The Morgan fingerprint density at radius 1 is 1.50 bits per heavy atom. The molecule has 1 atom stereocenters. The van der Waals surface area contributed by atoms with Crippen molar-refractivity contribution in [2.45, 2.75) is 18.0 Å². The van der Waals surface area contributed by atoms with Crippen molar-refractivity contribution in [1.82, 2.24) is 4.98 Å². The van der Waals surface area contributed by atoms with Crippen LogP contribution >= 0.6 is 11.6 Å². The molecule has 1 unspecified atom stereocenters. The summed E-state index contributed by atoms with van der Waals surface area (Å²) in [7, 11) is 1.48. The van der Waals surface area contributed by atoms with Gasteiger partial charge in [0.1, 0.15) is 0 Å². The third-order valence-corrected chi connectivity index (χ3v) is 2.20. The fourth-order valence-electron chi connectivity index (χ4n) is 1.23. The van der Waals surface area contributed by atoms with Gasteiger partial charge in [0.2, 0.25) is 0 Å². The zero-order valence-electron chi connectivity index (χ0n) is 8.59. The van der Waals surface area contributed by atoms with Crippen LogP contribution in [0.25, 0.3) is 0 Å². The average molecular weight is 254 g/mol. The smallest absolute Gasteiger partial charge is 0.383 e. The molecule has 1 heterocycles. The van der Waals surface area contributed by atoms with Crippen LogP contribution in [-0.4, -0.2) is 24.1 Å². The Kier molecular flexibility index (Phi) is 4.56. The molecule has 0 spiro atoms. The fourth-order valence-corrected chi connectivity index (χ4v) is 1.52. The molecule has 1 aromatic rings. The maximum Gasteiger partial charge on any atom is 0.416 e. The minimum absolute atomic E-state index is 0.249. The summed E-state index contributed by atoms with van der Waals surface area (Å²) in [5.74, 6) is 0. The largest absolute Gasteiger partial charge is 0.416 e. The van der Waals surface area contributed by atoms with Crippen LogP contribution in [0, 0.1) is 0 Å². The molecule has 0 N–H and O–H groups in total. The summed E-state index contributed by atoms with van der Waals surface area (Å²) in [5.41, 5.74) is -0.398. The predicted octanol–water partition coefficient (Wildman–Crippen LogP) is 2.90. The Hall–Kier alpha value is -0.810. The molecule has 0 aliphatic carbocycles. The molecule has 0 aliphatic rings. The highest BCUT2D eigenvalue weighted by molar-refractivity contribution is 6.20. The van der Waals surface area contributed by atoms with E-state index in [4.69, 9.17) is 16.3 Å². The van der Waals surface area contributed by atoms with Crippen LogP contribution in [0.1, 0.15) is 11.3 Å². The molecule has 0 fully saturated rings. The lowest BCUT2D eigenvalue weighted by Crippen LogP contribution is -2.13. The van der Waals surface area contributed by atoms with Crippen molar-refractivity contribution in [1.29, 1.82) is 0 Å². The van der Waals surface area contributed by atoms with Crippen molar-refractivity contribution in [3.8, 4) is 0 Å². The van der Waals surface area contributed by atoms with Crippen molar-refractivity contribution in [2.75, 3.05) is 13.7 Å². The molecule has 1 aromatic heterocycles. The van der Waals surface area contributed by atoms with Gasteiger partial charge in [-0.05, 0) is 12.1 Å². The van der Waals surface area contributed by atoms with Crippen LogP contribution in [0.2, 0.25) is 0 Å². The maximum absolute atomic E-state index is 12.4. The van der Waals surface area contributed by atoms with Gasteiger partial charge in [-0.15, -0.1) is 11.6 Å². The molecular formula is C10H11ClF3NO. The van der Waals surface area contributed by atoms with Gasteiger partial charge in [-0.2, -0.15) is 13.2 Å². The molecule has 0 saturated heterocycles. The lowest BCUT2D eigenvalue weighted by molar-refractivity contribution is -0.137. The van der Waals surface area contributed by atoms with Crippen molar-refractivity contribution in [3.63, 3.8) is 0 Å². The molecule has 90 valence electrons. The highest BCUT2D eigenvalue weighted by atomic mass is 35.5. The molecule has 0 aliphatic heterocycles. The van der Waals surface area contributed by atoms with E-state index in [1.807, 2.05) is 0 Å². The highest BCUT2D eigenvalue weighted by Crippen LogP contribution is 2.29.